The van der Waals surface area contributed by atoms with Crippen molar-refractivity contribution in [3.63, 3.8) is 0 Å². The lowest BCUT2D eigenvalue weighted by atomic mass is 9.92. The van der Waals surface area contributed by atoms with Crippen molar-refractivity contribution in [3.8, 4) is 22.8 Å². The summed E-state index contributed by atoms with van der Waals surface area (Å²) >= 11 is 1.19. The van der Waals surface area contributed by atoms with Gasteiger partial charge in [-0.3, -0.25) is 9.89 Å². The van der Waals surface area contributed by atoms with Crippen LogP contribution in [0.3, 0.4) is 0 Å². The number of nitrogens with one attached hydrogen (secondary N) is 1. The molecule has 174 valence electrons. The number of aliphatic hydroxyl groups excluding tert-OH is 1. The first-order chi connectivity index (χ1) is 15.2. The van der Waals surface area contributed by atoms with Crippen molar-refractivity contribution in [2.75, 3.05) is 19.8 Å². The van der Waals surface area contributed by atoms with Crippen LogP contribution in [0.5, 0.6) is 11.5 Å². The summed E-state index contributed by atoms with van der Waals surface area (Å²) in [6, 6.07) is 1.60. The molecule has 3 atom stereocenters. The summed E-state index contributed by atoms with van der Waals surface area (Å²) in [4.78, 5) is 9.68. The van der Waals surface area contributed by atoms with Gasteiger partial charge in [-0.25, -0.2) is 13.8 Å². The van der Waals surface area contributed by atoms with Gasteiger partial charge in [-0.15, -0.1) is 24.5 Å². The van der Waals surface area contributed by atoms with Crippen LogP contribution < -0.4 is 14.8 Å². The lowest BCUT2D eigenvalue weighted by Gasteiger charge is -2.48. The summed E-state index contributed by atoms with van der Waals surface area (Å²) in [5.74, 6) is -1.24. The predicted octanol–water partition coefficient (Wildman–Crippen LogP) is 3.72. The summed E-state index contributed by atoms with van der Waals surface area (Å²) in [5.41, 5.74) is 0.492. The Morgan fingerprint density at radius 2 is 2.00 bits per heavy atom. The van der Waals surface area contributed by atoms with E-state index in [9.17, 15) is 27.1 Å². The van der Waals surface area contributed by atoms with E-state index in [1.165, 1.54) is 16.8 Å². The number of rotatable bonds is 8. The molecule has 3 saturated heterocycles. The third kappa shape index (κ3) is 4.70. The van der Waals surface area contributed by atoms with E-state index < -0.39 is 35.9 Å². The Balaban J connectivity index is 1.79. The molecule has 0 amide bonds. The van der Waals surface area contributed by atoms with E-state index in [0.717, 1.165) is 12.5 Å². The maximum absolute atomic E-state index is 13.3. The quantitative estimate of drug-likeness (QED) is 0.445. The minimum Gasteiger partial charge on any atom is -0.475 e. The molecule has 13 heteroatoms. The van der Waals surface area contributed by atoms with Crippen molar-refractivity contribution in [1.82, 2.24) is 15.2 Å². The summed E-state index contributed by atoms with van der Waals surface area (Å²) < 4.78 is 75.8. The smallest absolute Gasteiger partial charge is 0.475 e. The number of aliphatic hydroxyl groups is 1. The number of hydrogen-bond acceptors (Lipinski definition) is 8. The lowest BCUT2D eigenvalue weighted by molar-refractivity contribution is -0.275. The fourth-order valence-corrected chi connectivity index (χ4v) is 4.48. The molecule has 2 aromatic rings. The highest BCUT2D eigenvalue weighted by molar-refractivity contribution is 7.07. The first kappa shape index (κ1) is 22.8. The molecule has 0 spiro atoms. The van der Waals surface area contributed by atoms with Crippen LogP contribution in [0.15, 0.2) is 21.9 Å². The van der Waals surface area contributed by atoms with Crippen LogP contribution in [0.2, 0.25) is 0 Å². The maximum atomic E-state index is 13.3. The van der Waals surface area contributed by atoms with Gasteiger partial charge in [0.05, 0.1) is 11.2 Å². The lowest BCUT2D eigenvalue weighted by Crippen LogP contribution is -2.67. The Kier molecular flexibility index (Phi) is 6.34. The molecule has 0 saturated carbocycles. The highest BCUT2D eigenvalue weighted by Gasteiger charge is 2.39. The largest absolute Gasteiger partial charge is 0.573 e. The van der Waals surface area contributed by atoms with E-state index >= 15 is 0 Å². The van der Waals surface area contributed by atoms with Gasteiger partial charge in [0.2, 0.25) is 0 Å². The molecule has 0 radical (unpaired) electrons. The second kappa shape index (κ2) is 8.89. The Morgan fingerprint density at radius 1 is 1.31 bits per heavy atom. The summed E-state index contributed by atoms with van der Waals surface area (Å²) in [5, 5.41) is 14.9. The topological polar surface area (TPSA) is 79.2 Å². The Morgan fingerprint density at radius 3 is 2.53 bits per heavy atom. The monoisotopic (exact) mass is 478 g/mol. The molecule has 1 aromatic carbocycles. The molecule has 1 aromatic heterocycles. The fraction of sp³-hybridized carbons (Fsp3) is 0.474. The second-order valence-corrected chi connectivity index (χ2v) is 8.20. The van der Waals surface area contributed by atoms with Crippen LogP contribution in [0, 0.1) is 0 Å². The van der Waals surface area contributed by atoms with Gasteiger partial charge in [-0.05, 0) is 19.2 Å². The molecule has 0 aliphatic carbocycles. The Hall–Kier alpha value is -2.35. The summed E-state index contributed by atoms with van der Waals surface area (Å²) in [6.07, 6.45) is -10.1. The fourth-order valence-electron chi connectivity index (χ4n) is 3.92. The van der Waals surface area contributed by atoms with Crippen LogP contribution in [0.4, 0.5) is 27.6 Å². The number of piperazine rings is 1. The molecule has 3 unspecified atom stereocenters. The number of aliphatic imine (C=N–C) groups is 1. The number of thiazole rings is 1. The number of fused-ring (bicyclic) bond motifs is 2. The zero-order valence-corrected chi connectivity index (χ0v) is 17.3. The van der Waals surface area contributed by atoms with Gasteiger partial charge in [-0.1, -0.05) is 0 Å². The minimum absolute atomic E-state index is 0.0243. The van der Waals surface area contributed by atoms with Crippen molar-refractivity contribution < 1.29 is 36.5 Å². The van der Waals surface area contributed by atoms with Gasteiger partial charge >= 0.3 is 6.36 Å². The molecule has 2 bridgehead atoms. The normalized spacial score (nSPS) is 21.8. The average molecular weight is 478 g/mol. The van der Waals surface area contributed by atoms with E-state index in [0.29, 0.717) is 25.2 Å². The number of benzene rings is 1. The molecule has 32 heavy (non-hydrogen) atoms. The van der Waals surface area contributed by atoms with Crippen LogP contribution >= 0.6 is 11.3 Å². The van der Waals surface area contributed by atoms with Gasteiger partial charge in [0, 0.05) is 41.7 Å². The van der Waals surface area contributed by atoms with Crippen molar-refractivity contribution in [2.45, 2.75) is 37.4 Å². The van der Waals surface area contributed by atoms with Crippen molar-refractivity contribution in [2.24, 2.45) is 4.99 Å². The molecule has 2 N–H and O–H groups in total. The van der Waals surface area contributed by atoms with Gasteiger partial charge in [-0.2, -0.15) is 0 Å². The van der Waals surface area contributed by atoms with Crippen LogP contribution in [0.25, 0.3) is 11.3 Å². The van der Waals surface area contributed by atoms with Gasteiger partial charge < -0.3 is 19.9 Å². The van der Waals surface area contributed by atoms with Crippen LogP contribution in [-0.4, -0.2) is 66.4 Å². The maximum Gasteiger partial charge on any atom is 0.573 e. The number of nitrogens with zero attached hydrogens (tertiary/aromatic N) is 3. The Labute approximate surface area is 183 Å². The zero-order valence-electron chi connectivity index (χ0n) is 16.5. The molecule has 3 aliphatic rings. The Bertz CT molecular complexity index is 957. The number of piperidine rings is 1. The first-order valence-corrected chi connectivity index (χ1v) is 10.5. The van der Waals surface area contributed by atoms with Crippen molar-refractivity contribution in [3.05, 3.63) is 22.5 Å². The van der Waals surface area contributed by atoms with Crippen LogP contribution in [0.1, 0.15) is 18.1 Å². The molecule has 7 nitrogen and oxygen atoms in total. The number of hydrogen-bond donors (Lipinski definition) is 2. The molecule has 4 heterocycles. The van der Waals surface area contributed by atoms with Gasteiger partial charge in [0.25, 0.3) is 6.43 Å². The first-order valence-electron chi connectivity index (χ1n) is 9.55. The third-order valence-electron chi connectivity index (χ3n) is 5.27. The number of ether oxygens (including phenoxy) is 2. The highest BCUT2D eigenvalue weighted by atomic mass is 32.1. The van der Waals surface area contributed by atoms with E-state index in [-0.39, 0.29) is 23.7 Å². The number of halogens is 5. The van der Waals surface area contributed by atoms with Gasteiger partial charge in [0.1, 0.15) is 18.5 Å². The van der Waals surface area contributed by atoms with Crippen molar-refractivity contribution in [1.29, 1.82) is 0 Å². The van der Waals surface area contributed by atoms with Crippen molar-refractivity contribution >= 4 is 23.7 Å². The molecular weight excluding hydrogens is 459 g/mol. The zero-order chi connectivity index (χ0) is 23.0. The number of aromatic nitrogens is 1. The molecule has 3 aliphatic heterocycles. The minimum atomic E-state index is -5.23. The van der Waals surface area contributed by atoms with E-state index in [2.05, 4.69) is 26.7 Å². The van der Waals surface area contributed by atoms with E-state index in [1.807, 2.05) is 4.90 Å². The van der Waals surface area contributed by atoms with E-state index in [4.69, 9.17) is 4.74 Å². The molecule has 3 fully saturated rings. The average Bonchev–Trinajstić information content (AvgIpc) is 3.24. The van der Waals surface area contributed by atoms with Crippen LogP contribution in [-0.2, 0) is 0 Å². The second-order valence-electron chi connectivity index (χ2n) is 7.48. The SMILES string of the molecule is C=Nc1c(OCN2CC3CC(C2)N3)c(-c2cscn2)cc(C(O)C(F)F)c1OC(F)(F)F. The third-order valence-corrected chi connectivity index (χ3v) is 5.85. The molecular formula is C19H19F5N4O3S. The number of alkyl halides is 5. The van der Waals surface area contributed by atoms with E-state index in [1.54, 1.807) is 5.38 Å². The summed E-state index contributed by atoms with van der Waals surface area (Å²) in [7, 11) is 0. The standard InChI is InChI=1S/C19H19F5N4O3S/c1-25-14-16(30-8-28-4-9-2-10(5-28)27-9)11(13-6-32-7-26-13)3-12(15(29)18(20)21)17(14)31-19(22,23)24/h3,6-7,9-10,15,18,27,29H,1-2,4-5,8H2. The summed E-state index contributed by atoms with van der Waals surface area (Å²) in [6.45, 7) is 4.68. The highest BCUT2D eigenvalue weighted by Crippen LogP contribution is 2.50. The predicted molar refractivity (Wildman–Crippen MR) is 107 cm³/mol. The van der Waals surface area contributed by atoms with Gasteiger partial charge in [0.15, 0.2) is 11.5 Å². The molecule has 5 rings (SSSR count).